The number of hydrogen-bond donors (Lipinski definition) is 2. The molecule has 0 atom stereocenters. The van der Waals surface area contributed by atoms with E-state index in [1.165, 1.54) is 5.56 Å². The Morgan fingerprint density at radius 1 is 1.19 bits per heavy atom. The van der Waals surface area contributed by atoms with Crippen LogP contribution in [0.4, 0.5) is 0 Å². The number of benzene rings is 1. The highest BCUT2D eigenvalue weighted by Gasteiger charge is 2.04. The maximum absolute atomic E-state index is 4.39. The van der Waals surface area contributed by atoms with E-state index in [9.17, 15) is 0 Å². The van der Waals surface area contributed by atoms with Gasteiger partial charge in [0.05, 0.1) is 12.7 Å². The van der Waals surface area contributed by atoms with Crippen LogP contribution < -0.4 is 10.6 Å². The minimum atomic E-state index is 0. The molecular weight excluding hydrogens is 377 g/mol. The fourth-order valence-electron chi connectivity index (χ4n) is 2.19. The Kier molecular flexibility index (Phi) is 6.04. The van der Waals surface area contributed by atoms with Crippen molar-refractivity contribution in [2.45, 2.75) is 19.5 Å². The lowest BCUT2D eigenvalue weighted by Gasteiger charge is -2.15. The van der Waals surface area contributed by atoms with E-state index in [2.05, 4.69) is 39.1 Å². The van der Waals surface area contributed by atoms with E-state index < -0.39 is 0 Å². The third kappa shape index (κ3) is 4.73. The van der Waals surface area contributed by atoms with Crippen LogP contribution in [0.2, 0.25) is 0 Å². The van der Waals surface area contributed by atoms with Crippen LogP contribution in [0.25, 0.3) is 0 Å². The van der Waals surface area contributed by atoms with Gasteiger partial charge in [0.15, 0.2) is 5.96 Å². The van der Waals surface area contributed by atoms with Crippen molar-refractivity contribution in [3.63, 3.8) is 0 Å². The maximum atomic E-state index is 4.39. The van der Waals surface area contributed by atoms with Gasteiger partial charge in [-0.05, 0) is 12.0 Å². The number of guanidine groups is 1. The summed E-state index contributed by atoms with van der Waals surface area (Å²) in [5, 5.41) is 10.9. The summed E-state index contributed by atoms with van der Waals surface area (Å²) in [5.74, 6) is 0.895. The molecule has 1 aliphatic heterocycles. The Labute approximate surface area is 141 Å². The van der Waals surface area contributed by atoms with Crippen molar-refractivity contribution in [3.05, 3.63) is 53.9 Å². The molecule has 0 saturated heterocycles. The Hall–Kier alpha value is -1.57. The van der Waals surface area contributed by atoms with Gasteiger partial charge in [0.1, 0.15) is 0 Å². The summed E-state index contributed by atoms with van der Waals surface area (Å²) >= 11 is 0. The summed E-state index contributed by atoms with van der Waals surface area (Å²) < 4.78 is 1.96. The quantitative estimate of drug-likeness (QED) is 0.777. The molecule has 0 aliphatic carbocycles. The Balaban J connectivity index is 0.00000161. The summed E-state index contributed by atoms with van der Waals surface area (Å²) in [4.78, 5) is 4.39. The molecule has 1 aromatic heterocycles. The van der Waals surface area contributed by atoms with Crippen molar-refractivity contribution in [1.82, 2.24) is 20.4 Å². The van der Waals surface area contributed by atoms with Crippen molar-refractivity contribution >= 4 is 29.9 Å². The molecular formula is C15H20IN5. The van der Waals surface area contributed by atoms with Gasteiger partial charge < -0.3 is 10.6 Å². The summed E-state index contributed by atoms with van der Waals surface area (Å²) in [6, 6.07) is 10.3. The van der Waals surface area contributed by atoms with Crippen LogP contribution in [0.3, 0.4) is 0 Å². The average Bonchev–Trinajstić information content (AvgIpc) is 2.95. The molecule has 21 heavy (non-hydrogen) atoms. The van der Waals surface area contributed by atoms with Gasteiger partial charge in [0.2, 0.25) is 0 Å². The first-order valence-corrected chi connectivity index (χ1v) is 6.97. The Morgan fingerprint density at radius 3 is 2.81 bits per heavy atom. The Bertz CT molecular complexity index is 579. The molecule has 0 saturated carbocycles. The van der Waals surface area contributed by atoms with E-state index >= 15 is 0 Å². The normalized spacial score (nSPS) is 13.8. The van der Waals surface area contributed by atoms with Gasteiger partial charge in [-0.1, -0.05) is 30.3 Å². The highest BCUT2D eigenvalue weighted by Crippen LogP contribution is 2.04. The van der Waals surface area contributed by atoms with E-state index in [4.69, 9.17) is 0 Å². The molecule has 1 aliphatic rings. The van der Waals surface area contributed by atoms with Crippen LogP contribution in [0.1, 0.15) is 17.5 Å². The summed E-state index contributed by atoms with van der Waals surface area (Å²) in [6.45, 7) is 3.46. The lowest BCUT2D eigenvalue weighted by Crippen LogP contribution is -2.40. The van der Waals surface area contributed by atoms with Crippen molar-refractivity contribution < 1.29 is 0 Å². The number of aliphatic imine (C=N–C) groups is 1. The zero-order valence-electron chi connectivity index (χ0n) is 11.8. The number of hydrogen-bond acceptors (Lipinski definition) is 4. The minimum absolute atomic E-state index is 0. The van der Waals surface area contributed by atoms with Gasteiger partial charge in [0, 0.05) is 31.4 Å². The monoisotopic (exact) mass is 397 g/mol. The molecule has 5 nitrogen and oxygen atoms in total. The number of nitrogens with zero attached hydrogens (tertiary/aromatic N) is 3. The molecule has 2 heterocycles. The van der Waals surface area contributed by atoms with Crippen molar-refractivity contribution in [3.8, 4) is 0 Å². The molecule has 1 aromatic carbocycles. The fourth-order valence-corrected chi connectivity index (χ4v) is 2.19. The van der Waals surface area contributed by atoms with Crippen LogP contribution in [0, 0.1) is 0 Å². The van der Waals surface area contributed by atoms with Gasteiger partial charge in [-0.2, -0.15) is 5.10 Å². The largest absolute Gasteiger partial charge is 0.356 e. The van der Waals surface area contributed by atoms with E-state index in [1.54, 1.807) is 0 Å². The highest BCUT2D eigenvalue weighted by molar-refractivity contribution is 14.0. The standard InChI is InChI=1S/C15H19N5.HI/c1-2-5-13(6-3-1)11-20-12-14(10-19-20)9-18-15-16-7-4-8-17-15;/h1-3,5-6,10,12H,4,7-9,11H2,(H2,16,17,18);1H. The number of halogens is 1. The zero-order valence-corrected chi connectivity index (χ0v) is 14.2. The van der Waals surface area contributed by atoms with Crippen LogP contribution in [0.15, 0.2) is 47.7 Å². The first kappa shape index (κ1) is 15.8. The van der Waals surface area contributed by atoms with E-state index in [-0.39, 0.29) is 24.0 Å². The van der Waals surface area contributed by atoms with Crippen molar-refractivity contribution in [1.29, 1.82) is 0 Å². The second kappa shape index (κ2) is 8.02. The highest BCUT2D eigenvalue weighted by atomic mass is 127. The van der Waals surface area contributed by atoms with E-state index in [0.717, 1.165) is 44.1 Å². The summed E-state index contributed by atoms with van der Waals surface area (Å²) in [5.41, 5.74) is 2.42. The number of aromatic nitrogens is 2. The molecule has 0 bridgehead atoms. The summed E-state index contributed by atoms with van der Waals surface area (Å²) in [7, 11) is 0. The fraction of sp³-hybridized carbons (Fsp3) is 0.333. The molecule has 0 spiro atoms. The molecule has 3 rings (SSSR count). The molecule has 0 unspecified atom stereocenters. The van der Waals surface area contributed by atoms with Gasteiger partial charge in [-0.25, -0.2) is 0 Å². The average molecular weight is 397 g/mol. The minimum Gasteiger partial charge on any atom is -0.356 e. The first-order valence-electron chi connectivity index (χ1n) is 6.97. The first-order chi connectivity index (χ1) is 9.90. The molecule has 112 valence electrons. The van der Waals surface area contributed by atoms with Crippen LogP contribution in [-0.4, -0.2) is 28.8 Å². The van der Waals surface area contributed by atoms with Crippen LogP contribution >= 0.6 is 24.0 Å². The lowest BCUT2D eigenvalue weighted by atomic mass is 10.2. The van der Waals surface area contributed by atoms with E-state index in [0.29, 0.717) is 0 Å². The second-order valence-corrected chi connectivity index (χ2v) is 4.90. The van der Waals surface area contributed by atoms with Crippen molar-refractivity contribution in [2.24, 2.45) is 4.99 Å². The van der Waals surface area contributed by atoms with Gasteiger partial charge in [-0.3, -0.25) is 9.67 Å². The van der Waals surface area contributed by atoms with Gasteiger partial charge in [-0.15, -0.1) is 24.0 Å². The van der Waals surface area contributed by atoms with Crippen molar-refractivity contribution in [2.75, 3.05) is 13.1 Å². The summed E-state index contributed by atoms with van der Waals surface area (Å²) in [6.07, 6.45) is 5.09. The third-order valence-electron chi connectivity index (χ3n) is 3.23. The van der Waals surface area contributed by atoms with Gasteiger partial charge >= 0.3 is 0 Å². The molecule has 0 radical (unpaired) electrons. The number of nitrogens with one attached hydrogen (secondary N) is 2. The molecule has 2 N–H and O–H groups in total. The molecule has 0 fully saturated rings. The SMILES string of the molecule is I.c1ccc(Cn2cc(CNC3=NCCCN3)cn2)cc1. The third-order valence-corrected chi connectivity index (χ3v) is 3.23. The van der Waals surface area contributed by atoms with Crippen LogP contribution in [-0.2, 0) is 13.1 Å². The molecule has 6 heteroatoms. The zero-order chi connectivity index (χ0) is 13.6. The lowest BCUT2D eigenvalue weighted by molar-refractivity contribution is 0.684. The maximum Gasteiger partial charge on any atom is 0.191 e. The predicted octanol–water partition coefficient (Wildman–Crippen LogP) is 1.99. The van der Waals surface area contributed by atoms with E-state index in [1.807, 2.05) is 29.1 Å². The Morgan fingerprint density at radius 2 is 2.05 bits per heavy atom. The van der Waals surface area contributed by atoms with Crippen LogP contribution in [0.5, 0.6) is 0 Å². The smallest absolute Gasteiger partial charge is 0.191 e. The topological polar surface area (TPSA) is 54.2 Å². The molecule has 0 amide bonds. The second-order valence-electron chi connectivity index (χ2n) is 4.90. The molecule has 2 aromatic rings. The predicted molar refractivity (Wildman–Crippen MR) is 94.9 cm³/mol. The van der Waals surface area contributed by atoms with Gasteiger partial charge in [0.25, 0.3) is 0 Å². The number of rotatable bonds is 4.